The number of Topliss-reactive ketones (excluding diaryl/α,β-unsaturated/α-hetero) is 1. The van der Waals surface area contributed by atoms with Gasteiger partial charge >= 0.3 is 6.09 Å². The number of rotatable bonds is 17. The predicted octanol–water partition coefficient (Wildman–Crippen LogP) is 4.85. The highest BCUT2D eigenvalue weighted by molar-refractivity contribution is 5.96. The molecule has 39 heavy (non-hydrogen) atoms. The van der Waals surface area contributed by atoms with Crippen LogP contribution < -0.4 is 16.4 Å². The highest BCUT2D eigenvalue weighted by Crippen LogP contribution is 2.20. The zero-order valence-corrected chi connectivity index (χ0v) is 25.6. The van der Waals surface area contributed by atoms with E-state index in [1.165, 1.54) is 43.4 Å². The van der Waals surface area contributed by atoms with E-state index in [0.717, 1.165) is 19.3 Å². The molecule has 4 atom stereocenters. The number of nitrogens with one attached hydrogen (secondary N) is 2. The smallest absolute Gasteiger partial charge is 0.408 e. The molecule has 226 valence electrons. The fourth-order valence-electron chi connectivity index (χ4n) is 4.96. The maximum atomic E-state index is 13.3. The van der Waals surface area contributed by atoms with Crippen LogP contribution in [0.25, 0.3) is 0 Å². The van der Waals surface area contributed by atoms with Gasteiger partial charge in [-0.05, 0) is 52.9 Å². The lowest BCUT2D eigenvalue weighted by Gasteiger charge is -2.30. The molecule has 0 aromatic carbocycles. The highest BCUT2D eigenvalue weighted by Gasteiger charge is 2.39. The summed E-state index contributed by atoms with van der Waals surface area (Å²) in [6.07, 6.45) is 11.9. The summed E-state index contributed by atoms with van der Waals surface area (Å²) in [5.74, 6) is -0.997. The first-order valence-corrected chi connectivity index (χ1v) is 15.2. The molecule has 1 aliphatic heterocycles. The number of hydrogen-bond donors (Lipinski definition) is 3. The minimum Gasteiger partial charge on any atom is -0.444 e. The Morgan fingerprint density at radius 2 is 1.49 bits per heavy atom. The van der Waals surface area contributed by atoms with Crippen LogP contribution >= 0.6 is 0 Å². The molecule has 0 radical (unpaired) electrons. The van der Waals surface area contributed by atoms with Crippen molar-refractivity contribution in [2.24, 2.45) is 11.7 Å². The maximum Gasteiger partial charge on any atom is 0.408 e. The lowest BCUT2D eigenvalue weighted by Crippen LogP contribution is -2.57. The fourth-order valence-corrected chi connectivity index (χ4v) is 4.96. The molecule has 9 heteroatoms. The molecule has 0 aromatic heterocycles. The van der Waals surface area contributed by atoms with Gasteiger partial charge in [-0.1, -0.05) is 78.6 Å². The topological polar surface area (TPSA) is 131 Å². The van der Waals surface area contributed by atoms with Gasteiger partial charge in [0, 0.05) is 6.54 Å². The SMILES string of the molecule is CCCCCCCCCCCC(N)C(=O)[C@@H](NC(=O)[C@@H]1CCCN1C(=O)[C@H](C)NC(=O)OC(C)(C)C)C(C)C. The van der Waals surface area contributed by atoms with Crippen molar-refractivity contribution in [2.75, 3.05) is 6.54 Å². The molecule has 1 unspecified atom stereocenters. The lowest BCUT2D eigenvalue weighted by atomic mass is 9.92. The first kappa shape index (κ1) is 34.9. The first-order chi connectivity index (χ1) is 18.3. The van der Waals surface area contributed by atoms with E-state index in [9.17, 15) is 19.2 Å². The van der Waals surface area contributed by atoms with Crippen LogP contribution in [0.4, 0.5) is 4.79 Å². The van der Waals surface area contributed by atoms with Crippen LogP contribution in [0, 0.1) is 5.92 Å². The Kier molecular flexibility index (Phi) is 15.7. The predicted molar refractivity (Wildman–Crippen MR) is 155 cm³/mol. The summed E-state index contributed by atoms with van der Waals surface area (Å²) in [6, 6.07) is -2.87. The number of carbonyl (C=O) groups excluding carboxylic acids is 4. The number of ketones is 1. The van der Waals surface area contributed by atoms with Crippen molar-refractivity contribution in [3.05, 3.63) is 0 Å². The molecule has 1 saturated heterocycles. The second-order valence-corrected chi connectivity index (χ2v) is 12.4. The summed E-state index contributed by atoms with van der Waals surface area (Å²) >= 11 is 0. The Labute approximate surface area is 236 Å². The monoisotopic (exact) mass is 552 g/mol. The van der Waals surface area contributed by atoms with E-state index in [-0.39, 0.29) is 23.5 Å². The third-order valence-electron chi connectivity index (χ3n) is 7.20. The van der Waals surface area contributed by atoms with Crippen molar-refractivity contribution in [3.63, 3.8) is 0 Å². The van der Waals surface area contributed by atoms with Crippen LogP contribution in [0.1, 0.15) is 126 Å². The molecule has 1 aliphatic rings. The van der Waals surface area contributed by atoms with Gasteiger partial charge in [-0.3, -0.25) is 14.4 Å². The number of amides is 3. The molecule has 0 saturated carbocycles. The van der Waals surface area contributed by atoms with Crippen molar-refractivity contribution in [3.8, 4) is 0 Å². The number of alkyl carbamates (subject to hydrolysis) is 1. The minimum absolute atomic E-state index is 0.131. The van der Waals surface area contributed by atoms with Crippen molar-refractivity contribution >= 4 is 23.7 Å². The Hall–Kier alpha value is -2.16. The van der Waals surface area contributed by atoms with Crippen LogP contribution in [-0.2, 0) is 19.1 Å². The van der Waals surface area contributed by atoms with E-state index in [0.29, 0.717) is 25.8 Å². The molecule has 9 nitrogen and oxygen atoms in total. The molecule has 4 N–H and O–H groups in total. The third-order valence-corrected chi connectivity index (χ3v) is 7.20. The summed E-state index contributed by atoms with van der Waals surface area (Å²) in [5, 5.41) is 5.45. The number of unbranched alkanes of at least 4 members (excludes halogenated alkanes) is 8. The van der Waals surface area contributed by atoms with E-state index >= 15 is 0 Å². The van der Waals surface area contributed by atoms with Gasteiger partial charge in [-0.15, -0.1) is 0 Å². The Morgan fingerprint density at radius 3 is 2.03 bits per heavy atom. The number of carbonyl (C=O) groups is 4. The van der Waals surface area contributed by atoms with Crippen molar-refractivity contribution in [2.45, 2.75) is 155 Å². The minimum atomic E-state index is -0.847. The number of nitrogens with two attached hydrogens (primary N) is 1. The standard InChI is InChI=1S/C30H56N4O5/c1-8-9-10-11-12-13-14-15-16-18-23(31)26(35)25(21(2)3)33-27(36)24-19-17-20-34(24)28(37)22(4)32-29(38)39-30(5,6)7/h21-25H,8-20,31H2,1-7H3,(H,32,38)(H,33,36)/t22-,23?,24-,25-/m0/s1. The van der Waals surface area contributed by atoms with Crippen molar-refractivity contribution < 1.29 is 23.9 Å². The largest absolute Gasteiger partial charge is 0.444 e. The normalized spacial score (nSPS) is 18.0. The molecule has 1 fully saturated rings. The summed E-state index contributed by atoms with van der Waals surface area (Å²) in [4.78, 5) is 53.1. The summed E-state index contributed by atoms with van der Waals surface area (Å²) in [6.45, 7) is 13.2. The van der Waals surface area contributed by atoms with E-state index in [4.69, 9.17) is 10.5 Å². The van der Waals surface area contributed by atoms with Crippen LogP contribution in [0.15, 0.2) is 0 Å². The number of likely N-dealkylation sites (tertiary alicyclic amines) is 1. The first-order valence-electron chi connectivity index (χ1n) is 15.2. The van der Waals surface area contributed by atoms with Crippen LogP contribution in [0.3, 0.4) is 0 Å². The molecule has 1 heterocycles. The van der Waals surface area contributed by atoms with E-state index in [1.54, 1.807) is 27.7 Å². The van der Waals surface area contributed by atoms with Crippen LogP contribution in [-0.4, -0.2) is 64.9 Å². The van der Waals surface area contributed by atoms with Gasteiger partial charge in [0.2, 0.25) is 11.8 Å². The van der Waals surface area contributed by atoms with Crippen LogP contribution in [0.5, 0.6) is 0 Å². The summed E-state index contributed by atoms with van der Waals surface area (Å²) < 4.78 is 5.24. The Morgan fingerprint density at radius 1 is 0.923 bits per heavy atom. The average molecular weight is 553 g/mol. The Bertz CT molecular complexity index is 780. The second-order valence-electron chi connectivity index (χ2n) is 12.4. The van der Waals surface area contributed by atoms with Gasteiger partial charge in [0.05, 0.1) is 12.1 Å². The van der Waals surface area contributed by atoms with Gasteiger partial charge in [0.25, 0.3) is 0 Å². The molecular formula is C30H56N4O5. The van der Waals surface area contributed by atoms with E-state index < -0.39 is 35.9 Å². The quantitative estimate of drug-likeness (QED) is 0.221. The maximum absolute atomic E-state index is 13.3. The summed E-state index contributed by atoms with van der Waals surface area (Å²) in [7, 11) is 0. The van der Waals surface area contributed by atoms with Crippen LogP contribution in [0.2, 0.25) is 0 Å². The van der Waals surface area contributed by atoms with E-state index in [2.05, 4.69) is 17.6 Å². The lowest BCUT2D eigenvalue weighted by molar-refractivity contribution is -0.140. The molecule has 0 bridgehead atoms. The molecule has 1 rings (SSSR count). The third kappa shape index (κ3) is 13.2. The number of hydrogen-bond acceptors (Lipinski definition) is 6. The van der Waals surface area contributed by atoms with Gasteiger partial charge in [-0.25, -0.2) is 4.79 Å². The molecular weight excluding hydrogens is 496 g/mol. The second kappa shape index (κ2) is 17.5. The molecule has 3 amide bonds. The molecule has 0 spiro atoms. The zero-order valence-electron chi connectivity index (χ0n) is 25.6. The Balaban J connectivity index is 2.60. The number of ether oxygens (including phenoxy) is 1. The summed E-state index contributed by atoms with van der Waals surface area (Å²) in [5.41, 5.74) is 5.58. The van der Waals surface area contributed by atoms with Gasteiger partial charge < -0.3 is 26.0 Å². The zero-order chi connectivity index (χ0) is 29.6. The van der Waals surface area contributed by atoms with Gasteiger partial charge in [-0.2, -0.15) is 0 Å². The highest BCUT2D eigenvalue weighted by atomic mass is 16.6. The van der Waals surface area contributed by atoms with Gasteiger partial charge in [0.15, 0.2) is 5.78 Å². The van der Waals surface area contributed by atoms with Crippen molar-refractivity contribution in [1.29, 1.82) is 0 Å². The average Bonchev–Trinajstić information content (AvgIpc) is 3.33. The van der Waals surface area contributed by atoms with Gasteiger partial charge in [0.1, 0.15) is 17.7 Å². The van der Waals surface area contributed by atoms with Crippen molar-refractivity contribution in [1.82, 2.24) is 15.5 Å². The molecule has 0 aromatic rings. The molecule has 0 aliphatic carbocycles. The number of nitrogens with zero attached hydrogens (tertiary/aromatic N) is 1. The van der Waals surface area contributed by atoms with E-state index in [1.807, 2.05) is 13.8 Å². The fraction of sp³-hybridized carbons (Fsp3) is 0.867.